The number of ether oxygens (including phenoxy) is 1. The van der Waals surface area contributed by atoms with Crippen LogP contribution in [-0.4, -0.2) is 38.3 Å². The minimum atomic E-state index is -0.737. The number of aliphatic hydroxyl groups is 1. The number of hydrogen-bond acceptors (Lipinski definition) is 5. The third-order valence-electron chi connectivity index (χ3n) is 3.74. The van der Waals surface area contributed by atoms with Gasteiger partial charge in [0.2, 0.25) is 0 Å². The molecule has 1 aliphatic carbocycles. The molecule has 0 bridgehead atoms. The van der Waals surface area contributed by atoms with Crippen molar-refractivity contribution in [3.8, 4) is 0 Å². The molecule has 1 saturated carbocycles. The van der Waals surface area contributed by atoms with Crippen LogP contribution in [0.3, 0.4) is 0 Å². The van der Waals surface area contributed by atoms with Crippen LogP contribution in [0.25, 0.3) is 0 Å². The predicted molar refractivity (Wildman–Crippen MR) is 73.3 cm³/mol. The zero-order valence-electron chi connectivity index (χ0n) is 11.8. The van der Waals surface area contributed by atoms with Gasteiger partial charge in [0.15, 0.2) is 5.69 Å². The first-order valence-electron chi connectivity index (χ1n) is 6.96. The van der Waals surface area contributed by atoms with Crippen LogP contribution >= 0.6 is 0 Å². The molecular weight excluding hydrogens is 258 g/mol. The van der Waals surface area contributed by atoms with E-state index in [2.05, 4.69) is 16.9 Å². The Bertz CT molecular complexity index is 490. The lowest BCUT2D eigenvalue weighted by atomic mass is 9.85. The van der Waals surface area contributed by atoms with Crippen molar-refractivity contribution in [3.63, 3.8) is 0 Å². The maximum Gasteiger partial charge on any atom is 0.361 e. The highest BCUT2D eigenvalue weighted by Crippen LogP contribution is 2.29. The molecule has 110 valence electrons. The van der Waals surface area contributed by atoms with Crippen molar-refractivity contribution in [2.75, 3.05) is 6.61 Å². The molecule has 0 amide bonds. The van der Waals surface area contributed by atoms with Crippen LogP contribution < -0.4 is 0 Å². The third kappa shape index (κ3) is 3.25. The fourth-order valence-corrected chi connectivity index (χ4v) is 2.55. The number of carbonyl (C=O) groups is 1. The van der Waals surface area contributed by atoms with Gasteiger partial charge >= 0.3 is 5.97 Å². The largest absolute Gasteiger partial charge is 0.457 e. The summed E-state index contributed by atoms with van der Waals surface area (Å²) in [6.45, 7) is 5.77. The van der Waals surface area contributed by atoms with E-state index in [0.717, 1.165) is 32.1 Å². The van der Waals surface area contributed by atoms with Crippen LogP contribution in [0.15, 0.2) is 12.7 Å². The van der Waals surface area contributed by atoms with E-state index in [1.165, 1.54) is 6.08 Å². The molecule has 0 radical (unpaired) electrons. The summed E-state index contributed by atoms with van der Waals surface area (Å²) in [4.78, 5) is 11.8. The van der Waals surface area contributed by atoms with Gasteiger partial charge in [-0.1, -0.05) is 37.1 Å². The van der Waals surface area contributed by atoms with Gasteiger partial charge in [0, 0.05) is 0 Å². The highest BCUT2D eigenvalue weighted by molar-refractivity contribution is 5.88. The number of rotatable bonds is 5. The van der Waals surface area contributed by atoms with Gasteiger partial charge in [-0.2, -0.15) is 0 Å². The Balaban J connectivity index is 2.08. The van der Waals surface area contributed by atoms with Crippen LogP contribution in [0.1, 0.15) is 48.3 Å². The molecule has 0 saturated heterocycles. The van der Waals surface area contributed by atoms with E-state index >= 15 is 0 Å². The predicted octanol–water partition coefficient (Wildman–Crippen LogP) is 1.62. The Labute approximate surface area is 118 Å². The Morgan fingerprint density at radius 3 is 2.85 bits per heavy atom. The normalized spacial score (nSPS) is 17.7. The first-order valence-corrected chi connectivity index (χ1v) is 6.96. The first-order chi connectivity index (χ1) is 9.56. The van der Waals surface area contributed by atoms with E-state index in [0.29, 0.717) is 12.2 Å². The van der Waals surface area contributed by atoms with E-state index in [1.54, 1.807) is 11.6 Å². The van der Waals surface area contributed by atoms with Gasteiger partial charge in [0.05, 0.1) is 17.8 Å². The molecule has 0 atom stereocenters. The fraction of sp³-hybridized carbons (Fsp3) is 0.643. The lowest BCUT2D eigenvalue weighted by Gasteiger charge is -2.31. The maximum atomic E-state index is 11.8. The first kappa shape index (κ1) is 14.7. The summed E-state index contributed by atoms with van der Waals surface area (Å²) in [5, 5.41) is 18.3. The van der Waals surface area contributed by atoms with Gasteiger partial charge < -0.3 is 9.84 Å². The lowest BCUT2D eigenvalue weighted by Crippen LogP contribution is -2.37. The van der Waals surface area contributed by atoms with Crippen LogP contribution in [0, 0.1) is 6.92 Å². The highest BCUT2D eigenvalue weighted by Gasteiger charge is 2.31. The summed E-state index contributed by atoms with van der Waals surface area (Å²) < 4.78 is 6.54. The minimum absolute atomic E-state index is 0.148. The second-order valence-corrected chi connectivity index (χ2v) is 5.35. The van der Waals surface area contributed by atoms with Gasteiger partial charge in [-0.25, -0.2) is 9.48 Å². The van der Waals surface area contributed by atoms with Crippen LogP contribution in [0.4, 0.5) is 0 Å². The van der Waals surface area contributed by atoms with Gasteiger partial charge in [-0.15, -0.1) is 5.10 Å². The SMILES string of the molecule is C=CCOC(=O)c1nnn(CC2(O)CCCCC2)c1C. The van der Waals surface area contributed by atoms with Crippen molar-refractivity contribution in [2.45, 2.75) is 51.2 Å². The van der Waals surface area contributed by atoms with E-state index < -0.39 is 11.6 Å². The van der Waals surface area contributed by atoms with Crippen LogP contribution in [0.5, 0.6) is 0 Å². The van der Waals surface area contributed by atoms with Gasteiger partial charge in [-0.3, -0.25) is 0 Å². The smallest absolute Gasteiger partial charge is 0.361 e. The summed E-state index contributed by atoms with van der Waals surface area (Å²) in [5.41, 5.74) is 0.0863. The number of hydrogen-bond donors (Lipinski definition) is 1. The average molecular weight is 279 g/mol. The van der Waals surface area contributed by atoms with Crippen molar-refractivity contribution in [2.24, 2.45) is 0 Å². The maximum absolute atomic E-state index is 11.8. The zero-order chi connectivity index (χ0) is 14.6. The molecule has 20 heavy (non-hydrogen) atoms. The highest BCUT2D eigenvalue weighted by atomic mass is 16.5. The monoisotopic (exact) mass is 279 g/mol. The topological polar surface area (TPSA) is 77.2 Å². The van der Waals surface area contributed by atoms with Gasteiger partial charge in [-0.05, 0) is 19.8 Å². The Hall–Kier alpha value is -1.69. The van der Waals surface area contributed by atoms with E-state index in [1.807, 2.05) is 0 Å². The molecular formula is C14H21N3O3. The molecule has 1 N–H and O–H groups in total. The molecule has 6 heteroatoms. The van der Waals surface area contributed by atoms with Gasteiger partial charge in [0.25, 0.3) is 0 Å². The summed E-state index contributed by atoms with van der Waals surface area (Å²) in [6.07, 6.45) is 6.25. The Kier molecular flexibility index (Phi) is 4.54. The molecule has 1 aromatic heterocycles. The van der Waals surface area contributed by atoms with Crippen molar-refractivity contribution in [1.29, 1.82) is 0 Å². The second-order valence-electron chi connectivity index (χ2n) is 5.35. The molecule has 6 nitrogen and oxygen atoms in total. The van der Waals surface area contributed by atoms with Crippen molar-refractivity contribution >= 4 is 5.97 Å². The van der Waals surface area contributed by atoms with Crippen LogP contribution in [-0.2, 0) is 11.3 Å². The molecule has 1 aliphatic rings. The zero-order valence-corrected chi connectivity index (χ0v) is 11.8. The molecule has 2 rings (SSSR count). The number of nitrogens with zero attached hydrogens (tertiary/aromatic N) is 3. The fourth-order valence-electron chi connectivity index (χ4n) is 2.55. The Morgan fingerprint density at radius 1 is 1.50 bits per heavy atom. The summed E-state index contributed by atoms with van der Waals surface area (Å²) in [6, 6.07) is 0. The summed E-state index contributed by atoms with van der Waals surface area (Å²) in [5.74, 6) is -0.510. The second kappa shape index (κ2) is 6.17. The quantitative estimate of drug-likeness (QED) is 0.654. The standard InChI is InChI=1S/C14H21N3O3/c1-3-9-20-13(18)12-11(2)17(16-15-12)10-14(19)7-5-4-6-8-14/h3,19H,1,4-10H2,2H3. The summed E-state index contributed by atoms with van der Waals surface area (Å²) in [7, 11) is 0. The number of carbonyl (C=O) groups excluding carboxylic acids is 1. The minimum Gasteiger partial charge on any atom is -0.457 e. The van der Waals surface area contributed by atoms with Crippen molar-refractivity contribution < 1.29 is 14.6 Å². The van der Waals surface area contributed by atoms with Crippen LogP contribution in [0.2, 0.25) is 0 Å². The number of aromatic nitrogens is 3. The molecule has 1 heterocycles. The molecule has 0 unspecified atom stereocenters. The van der Waals surface area contributed by atoms with Gasteiger partial charge in [0.1, 0.15) is 6.61 Å². The molecule has 0 spiro atoms. The average Bonchev–Trinajstić information content (AvgIpc) is 2.78. The third-order valence-corrected chi connectivity index (χ3v) is 3.74. The van der Waals surface area contributed by atoms with Crippen molar-refractivity contribution in [1.82, 2.24) is 15.0 Å². The molecule has 1 aromatic rings. The van der Waals surface area contributed by atoms with E-state index in [4.69, 9.17) is 4.74 Å². The van der Waals surface area contributed by atoms with E-state index in [9.17, 15) is 9.90 Å². The Morgan fingerprint density at radius 2 is 2.20 bits per heavy atom. The summed E-state index contributed by atoms with van der Waals surface area (Å²) >= 11 is 0. The molecule has 0 aliphatic heterocycles. The lowest BCUT2D eigenvalue weighted by molar-refractivity contribution is -0.0151. The molecule has 1 fully saturated rings. The van der Waals surface area contributed by atoms with E-state index in [-0.39, 0.29) is 12.3 Å². The number of esters is 1. The van der Waals surface area contributed by atoms with Crippen molar-refractivity contribution in [3.05, 3.63) is 24.0 Å². The molecule has 0 aromatic carbocycles.